The molecule has 1 amide bonds. The molecule has 112 valence electrons. The predicted molar refractivity (Wildman–Crippen MR) is 77.1 cm³/mol. The number of primary sulfonamides is 1. The second-order valence-corrected chi connectivity index (χ2v) is 6.38. The van der Waals surface area contributed by atoms with Gasteiger partial charge in [0.1, 0.15) is 0 Å². The lowest BCUT2D eigenvalue weighted by atomic mass is 9.99. The van der Waals surface area contributed by atoms with Crippen molar-refractivity contribution in [2.45, 2.75) is 37.8 Å². The van der Waals surface area contributed by atoms with Gasteiger partial charge in [-0.2, -0.15) is 0 Å². The van der Waals surface area contributed by atoms with E-state index in [0.717, 1.165) is 12.0 Å². The van der Waals surface area contributed by atoms with Gasteiger partial charge in [-0.25, -0.2) is 13.6 Å². The minimum atomic E-state index is -3.69. The lowest BCUT2D eigenvalue weighted by Gasteiger charge is -2.17. The van der Waals surface area contributed by atoms with Gasteiger partial charge in [0.15, 0.2) is 0 Å². The Bertz CT molecular complexity index is 555. The molecule has 2 unspecified atom stereocenters. The fraction of sp³-hybridized carbons (Fsp3) is 0.462. The first-order valence-electron chi connectivity index (χ1n) is 6.40. The molecule has 0 radical (unpaired) electrons. The summed E-state index contributed by atoms with van der Waals surface area (Å²) < 4.78 is 22.2. The summed E-state index contributed by atoms with van der Waals surface area (Å²) in [6.07, 6.45) is 0.831. The molecule has 0 aliphatic heterocycles. The highest BCUT2D eigenvalue weighted by molar-refractivity contribution is 7.89. The first-order chi connectivity index (χ1) is 9.25. The molecule has 1 rings (SSSR count). The first-order valence-corrected chi connectivity index (χ1v) is 7.95. The Morgan fingerprint density at radius 3 is 2.30 bits per heavy atom. The van der Waals surface area contributed by atoms with Gasteiger partial charge in [-0.05, 0) is 23.6 Å². The van der Waals surface area contributed by atoms with Crippen LogP contribution in [0.3, 0.4) is 0 Å². The van der Waals surface area contributed by atoms with E-state index < -0.39 is 16.1 Å². The molecule has 0 aliphatic rings. The zero-order valence-corrected chi connectivity index (χ0v) is 12.5. The smallest absolute Gasteiger partial charge is 0.238 e. The number of carbonyl (C=O) groups is 1. The molecule has 20 heavy (non-hydrogen) atoms. The van der Waals surface area contributed by atoms with E-state index in [9.17, 15) is 13.2 Å². The number of hydrogen-bond donors (Lipinski definition) is 3. The molecule has 0 spiro atoms. The molecule has 1 aromatic carbocycles. The molecule has 5 N–H and O–H groups in total. The Hall–Kier alpha value is -1.44. The summed E-state index contributed by atoms with van der Waals surface area (Å²) >= 11 is 0. The SMILES string of the molecule is CCC(C)C(N)C(=O)NCc1ccc(S(N)(=O)=O)cc1. The Labute approximate surface area is 119 Å². The largest absolute Gasteiger partial charge is 0.351 e. The maximum absolute atomic E-state index is 11.8. The van der Waals surface area contributed by atoms with E-state index >= 15 is 0 Å². The second-order valence-electron chi connectivity index (χ2n) is 4.82. The van der Waals surface area contributed by atoms with Gasteiger partial charge in [0.2, 0.25) is 15.9 Å². The van der Waals surface area contributed by atoms with Gasteiger partial charge in [-0.1, -0.05) is 32.4 Å². The van der Waals surface area contributed by atoms with Gasteiger partial charge in [0.05, 0.1) is 10.9 Å². The van der Waals surface area contributed by atoms with Crippen molar-refractivity contribution < 1.29 is 13.2 Å². The van der Waals surface area contributed by atoms with Gasteiger partial charge >= 0.3 is 0 Å². The summed E-state index contributed by atoms with van der Waals surface area (Å²) in [4.78, 5) is 11.8. The summed E-state index contributed by atoms with van der Waals surface area (Å²) in [5.41, 5.74) is 6.59. The highest BCUT2D eigenvalue weighted by Gasteiger charge is 2.18. The van der Waals surface area contributed by atoms with Crippen molar-refractivity contribution in [3.63, 3.8) is 0 Å². The van der Waals surface area contributed by atoms with E-state index in [1.165, 1.54) is 12.1 Å². The predicted octanol–water partition coefficient (Wildman–Crippen LogP) is 0.324. The van der Waals surface area contributed by atoms with E-state index in [0.29, 0.717) is 6.54 Å². The van der Waals surface area contributed by atoms with Gasteiger partial charge in [-0.3, -0.25) is 4.79 Å². The maximum Gasteiger partial charge on any atom is 0.238 e. The lowest BCUT2D eigenvalue weighted by molar-refractivity contribution is -0.123. The summed E-state index contributed by atoms with van der Waals surface area (Å²) in [7, 11) is -3.69. The molecule has 0 heterocycles. The van der Waals surface area contributed by atoms with Crippen LogP contribution in [0.2, 0.25) is 0 Å². The van der Waals surface area contributed by atoms with Crippen LogP contribution in [0.1, 0.15) is 25.8 Å². The van der Waals surface area contributed by atoms with Crippen molar-refractivity contribution in [2.75, 3.05) is 0 Å². The minimum absolute atomic E-state index is 0.0453. The maximum atomic E-state index is 11.8. The second kappa shape index (κ2) is 6.83. The molecule has 0 aliphatic carbocycles. The van der Waals surface area contributed by atoms with E-state index in [4.69, 9.17) is 10.9 Å². The van der Waals surface area contributed by atoms with Crippen LogP contribution in [0.5, 0.6) is 0 Å². The third-order valence-corrected chi connectivity index (χ3v) is 4.21. The average molecular weight is 299 g/mol. The highest BCUT2D eigenvalue weighted by atomic mass is 32.2. The van der Waals surface area contributed by atoms with Crippen LogP contribution in [-0.4, -0.2) is 20.4 Å². The summed E-state index contributed by atoms with van der Waals surface area (Å²) in [6.45, 7) is 4.20. The van der Waals surface area contributed by atoms with Crippen LogP contribution in [-0.2, 0) is 21.4 Å². The molecular formula is C13H21N3O3S. The van der Waals surface area contributed by atoms with Crippen molar-refractivity contribution in [1.82, 2.24) is 5.32 Å². The average Bonchev–Trinajstić information content (AvgIpc) is 2.42. The molecule has 0 bridgehead atoms. The Kier molecular flexibility index (Phi) is 5.67. The number of carbonyl (C=O) groups excluding carboxylic acids is 1. The van der Waals surface area contributed by atoms with Crippen molar-refractivity contribution in [1.29, 1.82) is 0 Å². The fourth-order valence-electron chi connectivity index (χ4n) is 1.62. The molecule has 6 nitrogen and oxygen atoms in total. The summed E-state index contributed by atoms with van der Waals surface area (Å²) in [5.74, 6) is -0.102. The molecule has 1 aromatic rings. The lowest BCUT2D eigenvalue weighted by Crippen LogP contribution is -2.44. The van der Waals surface area contributed by atoms with Gasteiger partial charge < -0.3 is 11.1 Å². The van der Waals surface area contributed by atoms with Gasteiger partial charge in [-0.15, -0.1) is 0 Å². The van der Waals surface area contributed by atoms with Crippen LogP contribution in [0.15, 0.2) is 29.2 Å². The standard InChI is InChI=1S/C13H21N3O3S/c1-3-9(2)12(14)13(17)16-8-10-4-6-11(7-5-10)20(15,18)19/h4-7,9,12H,3,8,14H2,1-2H3,(H,16,17)(H2,15,18,19). The number of benzene rings is 1. The Morgan fingerprint density at radius 1 is 1.30 bits per heavy atom. The zero-order valence-electron chi connectivity index (χ0n) is 11.7. The van der Waals surface area contributed by atoms with Gasteiger partial charge in [0.25, 0.3) is 0 Å². The van der Waals surface area contributed by atoms with E-state index in [1.54, 1.807) is 12.1 Å². The third kappa shape index (κ3) is 4.59. The van der Waals surface area contributed by atoms with Crippen LogP contribution < -0.4 is 16.2 Å². The number of hydrogen-bond acceptors (Lipinski definition) is 4. The van der Waals surface area contributed by atoms with Gasteiger partial charge in [0, 0.05) is 6.54 Å². The number of amides is 1. The molecule has 0 saturated carbocycles. The van der Waals surface area contributed by atoms with Crippen molar-refractivity contribution in [3.05, 3.63) is 29.8 Å². The number of nitrogens with one attached hydrogen (secondary N) is 1. The van der Waals surface area contributed by atoms with Crippen LogP contribution in [0.25, 0.3) is 0 Å². The normalized spacial score (nSPS) is 14.6. The molecule has 7 heteroatoms. The minimum Gasteiger partial charge on any atom is -0.351 e. The molecular weight excluding hydrogens is 278 g/mol. The van der Waals surface area contributed by atoms with E-state index in [1.807, 2.05) is 13.8 Å². The van der Waals surface area contributed by atoms with E-state index in [-0.39, 0.29) is 16.7 Å². The van der Waals surface area contributed by atoms with Crippen LogP contribution in [0.4, 0.5) is 0 Å². The van der Waals surface area contributed by atoms with Crippen LogP contribution in [0, 0.1) is 5.92 Å². The topological polar surface area (TPSA) is 115 Å². The first kappa shape index (κ1) is 16.6. The quantitative estimate of drug-likeness (QED) is 0.701. The van der Waals surface area contributed by atoms with Crippen molar-refractivity contribution in [3.8, 4) is 0 Å². The molecule has 0 saturated heterocycles. The van der Waals surface area contributed by atoms with E-state index in [2.05, 4.69) is 5.32 Å². The Morgan fingerprint density at radius 2 is 1.85 bits per heavy atom. The monoisotopic (exact) mass is 299 g/mol. The third-order valence-electron chi connectivity index (χ3n) is 3.28. The van der Waals surface area contributed by atoms with Crippen molar-refractivity contribution >= 4 is 15.9 Å². The molecule has 0 fully saturated rings. The number of sulfonamides is 1. The summed E-state index contributed by atoms with van der Waals surface area (Å²) in [5, 5.41) is 7.73. The molecule has 0 aromatic heterocycles. The highest BCUT2D eigenvalue weighted by Crippen LogP contribution is 2.09. The van der Waals surface area contributed by atoms with Crippen molar-refractivity contribution in [2.24, 2.45) is 16.8 Å². The summed E-state index contributed by atoms with van der Waals surface area (Å²) in [6, 6.07) is 5.49. The van der Waals surface area contributed by atoms with Crippen LogP contribution >= 0.6 is 0 Å². The fourth-order valence-corrected chi connectivity index (χ4v) is 2.13. The molecule has 2 atom stereocenters. The zero-order chi connectivity index (χ0) is 15.3. The number of nitrogens with two attached hydrogens (primary N) is 2. The Balaban J connectivity index is 2.61. The number of rotatable bonds is 6.